The van der Waals surface area contributed by atoms with E-state index in [0.717, 1.165) is 34.0 Å². The van der Waals surface area contributed by atoms with Crippen molar-refractivity contribution in [2.45, 2.75) is 32.6 Å². The Morgan fingerprint density at radius 2 is 1.57 bits per heavy atom. The van der Waals surface area contributed by atoms with E-state index in [1.165, 1.54) is 42.6 Å². The quantitative estimate of drug-likeness (QED) is 0.577. The van der Waals surface area contributed by atoms with Crippen molar-refractivity contribution in [1.29, 1.82) is 0 Å². The van der Waals surface area contributed by atoms with Crippen molar-refractivity contribution in [1.82, 2.24) is 10.3 Å². The second-order valence-corrected chi connectivity index (χ2v) is 8.76. The number of nitrogens with one attached hydrogen (secondary N) is 1. The number of aromatic nitrogens is 1. The van der Waals surface area contributed by atoms with Gasteiger partial charge in [-0.05, 0) is 70.5 Å². The highest BCUT2D eigenvalue weighted by Gasteiger charge is 2.19. The molecule has 0 aliphatic heterocycles. The minimum atomic E-state index is 0.0586. The molecule has 1 N–H and O–H groups in total. The van der Waals surface area contributed by atoms with Crippen LogP contribution in [0.5, 0.6) is 0 Å². The molecule has 1 aromatic carbocycles. The molecule has 1 aliphatic rings. The maximum atomic E-state index is 12.5. The normalized spacial score (nSPS) is 19.3. The summed E-state index contributed by atoms with van der Waals surface area (Å²) in [5.74, 6) is 1.54. The Morgan fingerprint density at radius 3 is 2.25 bits per heavy atom. The third kappa shape index (κ3) is 4.50. The number of amides is 1. The maximum absolute atomic E-state index is 12.5. The SMILES string of the molecule is CC1CCC(CNC(=O)c2cc(-c3ccc(-c4ccncc4)cc3)cs2)CC1. The first-order chi connectivity index (χ1) is 13.7. The lowest BCUT2D eigenvalue weighted by atomic mass is 9.83. The van der Waals surface area contributed by atoms with Gasteiger partial charge in [-0.3, -0.25) is 9.78 Å². The predicted molar refractivity (Wildman–Crippen MR) is 116 cm³/mol. The van der Waals surface area contributed by atoms with Crippen LogP contribution in [0.4, 0.5) is 0 Å². The highest BCUT2D eigenvalue weighted by atomic mass is 32.1. The molecule has 1 amide bonds. The van der Waals surface area contributed by atoms with Crippen LogP contribution < -0.4 is 5.32 Å². The molecule has 1 fully saturated rings. The smallest absolute Gasteiger partial charge is 0.261 e. The number of pyridine rings is 1. The summed E-state index contributed by atoms with van der Waals surface area (Å²) in [5.41, 5.74) is 4.56. The molecule has 4 heteroatoms. The molecule has 0 bridgehead atoms. The second-order valence-electron chi connectivity index (χ2n) is 7.85. The maximum Gasteiger partial charge on any atom is 0.261 e. The number of carbonyl (C=O) groups is 1. The largest absolute Gasteiger partial charge is 0.351 e. The monoisotopic (exact) mass is 390 g/mol. The molecule has 0 atom stereocenters. The molecule has 144 valence electrons. The van der Waals surface area contributed by atoms with Crippen LogP contribution in [0.15, 0.2) is 60.2 Å². The lowest BCUT2D eigenvalue weighted by molar-refractivity contribution is 0.0946. The van der Waals surface area contributed by atoms with Crippen molar-refractivity contribution >= 4 is 17.2 Å². The zero-order chi connectivity index (χ0) is 19.3. The molecule has 0 spiro atoms. The molecular weight excluding hydrogens is 364 g/mol. The number of benzene rings is 1. The van der Waals surface area contributed by atoms with Gasteiger partial charge in [0.15, 0.2) is 0 Å². The van der Waals surface area contributed by atoms with Gasteiger partial charge < -0.3 is 5.32 Å². The van der Waals surface area contributed by atoms with Crippen molar-refractivity contribution in [2.24, 2.45) is 11.8 Å². The Morgan fingerprint density at radius 1 is 0.964 bits per heavy atom. The molecule has 0 unspecified atom stereocenters. The molecule has 0 radical (unpaired) electrons. The lowest BCUT2D eigenvalue weighted by Crippen LogP contribution is -2.30. The van der Waals surface area contributed by atoms with Crippen molar-refractivity contribution < 1.29 is 4.79 Å². The van der Waals surface area contributed by atoms with E-state index >= 15 is 0 Å². The minimum Gasteiger partial charge on any atom is -0.351 e. The Kier molecular flexibility index (Phi) is 5.87. The number of hydrogen-bond acceptors (Lipinski definition) is 3. The van der Waals surface area contributed by atoms with Crippen LogP contribution in [0.2, 0.25) is 0 Å². The van der Waals surface area contributed by atoms with Gasteiger partial charge in [0.1, 0.15) is 0 Å². The first-order valence-electron chi connectivity index (χ1n) is 10.1. The van der Waals surface area contributed by atoms with Crippen molar-refractivity contribution in [3.63, 3.8) is 0 Å². The Bertz CT molecular complexity index is 909. The molecule has 1 aliphatic carbocycles. The van der Waals surface area contributed by atoms with Gasteiger partial charge in [-0.15, -0.1) is 11.3 Å². The number of thiophene rings is 1. The van der Waals surface area contributed by atoms with E-state index in [4.69, 9.17) is 0 Å². The van der Waals surface area contributed by atoms with Crippen LogP contribution in [0, 0.1) is 11.8 Å². The van der Waals surface area contributed by atoms with Gasteiger partial charge in [0.05, 0.1) is 4.88 Å². The highest BCUT2D eigenvalue weighted by molar-refractivity contribution is 7.12. The van der Waals surface area contributed by atoms with E-state index in [9.17, 15) is 4.79 Å². The standard InChI is InChI=1S/C24H26N2OS/c1-17-2-4-18(5-3-17)15-26-24(27)23-14-22(16-28-23)20-8-6-19(7-9-20)21-10-12-25-13-11-21/h6-14,16-18H,2-5,15H2,1H3,(H,26,27). The van der Waals surface area contributed by atoms with Gasteiger partial charge in [0.25, 0.3) is 5.91 Å². The first kappa shape index (κ1) is 18.9. The number of carbonyl (C=O) groups excluding carboxylic acids is 1. The topological polar surface area (TPSA) is 42.0 Å². The van der Waals surface area contributed by atoms with Gasteiger partial charge in [-0.2, -0.15) is 0 Å². The molecule has 2 aromatic heterocycles. The third-order valence-corrected chi connectivity index (χ3v) is 6.67. The Balaban J connectivity index is 1.37. The summed E-state index contributed by atoms with van der Waals surface area (Å²) in [6, 6.07) is 14.5. The second kappa shape index (κ2) is 8.70. The number of nitrogens with zero attached hydrogens (tertiary/aromatic N) is 1. The van der Waals surface area contributed by atoms with Crippen molar-refractivity contribution in [2.75, 3.05) is 6.54 Å². The average Bonchev–Trinajstić information content (AvgIpc) is 3.24. The van der Waals surface area contributed by atoms with Crippen LogP contribution in [0.1, 0.15) is 42.3 Å². The van der Waals surface area contributed by atoms with E-state index < -0.39 is 0 Å². The van der Waals surface area contributed by atoms with Gasteiger partial charge in [0, 0.05) is 18.9 Å². The molecule has 0 saturated heterocycles. The molecule has 4 rings (SSSR count). The molecule has 1 saturated carbocycles. The average molecular weight is 391 g/mol. The van der Waals surface area contributed by atoms with Gasteiger partial charge in [0.2, 0.25) is 0 Å². The highest BCUT2D eigenvalue weighted by Crippen LogP contribution is 2.29. The fraction of sp³-hybridized carbons (Fsp3) is 0.333. The number of rotatable bonds is 5. The zero-order valence-corrected chi connectivity index (χ0v) is 17.0. The first-order valence-corrected chi connectivity index (χ1v) is 10.9. The van der Waals surface area contributed by atoms with Crippen LogP contribution in [-0.4, -0.2) is 17.4 Å². The Hall–Kier alpha value is -2.46. The van der Waals surface area contributed by atoms with Gasteiger partial charge in [-0.1, -0.05) is 44.0 Å². The van der Waals surface area contributed by atoms with E-state index in [2.05, 4.69) is 46.9 Å². The molecule has 2 heterocycles. The summed E-state index contributed by atoms with van der Waals surface area (Å²) in [6.45, 7) is 3.13. The van der Waals surface area contributed by atoms with Crippen LogP contribution in [0.25, 0.3) is 22.3 Å². The summed E-state index contributed by atoms with van der Waals surface area (Å²) in [5, 5.41) is 5.21. The summed E-state index contributed by atoms with van der Waals surface area (Å²) < 4.78 is 0. The fourth-order valence-electron chi connectivity index (χ4n) is 3.86. The van der Waals surface area contributed by atoms with Crippen LogP contribution in [0.3, 0.4) is 0 Å². The molecule has 3 nitrogen and oxygen atoms in total. The summed E-state index contributed by atoms with van der Waals surface area (Å²) in [7, 11) is 0. The third-order valence-electron chi connectivity index (χ3n) is 5.74. The summed E-state index contributed by atoms with van der Waals surface area (Å²) >= 11 is 1.52. The zero-order valence-electron chi connectivity index (χ0n) is 16.2. The van der Waals surface area contributed by atoms with Gasteiger partial charge in [-0.25, -0.2) is 0 Å². The minimum absolute atomic E-state index is 0.0586. The van der Waals surface area contributed by atoms with E-state index in [1.807, 2.05) is 18.2 Å². The van der Waals surface area contributed by atoms with E-state index in [1.54, 1.807) is 12.4 Å². The fourth-order valence-corrected chi connectivity index (χ4v) is 4.70. The predicted octanol–water partition coefficient (Wildman–Crippen LogP) is 6.03. The van der Waals surface area contributed by atoms with E-state index in [0.29, 0.717) is 5.92 Å². The molecule has 3 aromatic rings. The molecular formula is C24H26N2OS. The Labute approximate surface area is 170 Å². The summed E-state index contributed by atoms with van der Waals surface area (Å²) in [6.07, 6.45) is 8.67. The van der Waals surface area contributed by atoms with Crippen LogP contribution in [-0.2, 0) is 0 Å². The number of hydrogen-bond donors (Lipinski definition) is 1. The van der Waals surface area contributed by atoms with E-state index in [-0.39, 0.29) is 5.91 Å². The van der Waals surface area contributed by atoms with Crippen LogP contribution >= 0.6 is 11.3 Å². The lowest BCUT2D eigenvalue weighted by Gasteiger charge is -2.26. The molecule has 28 heavy (non-hydrogen) atoms. The van der Waals surface area contributed by atoms with Gasteiger partial charge >= 0.3 is 0 Å². The van der Waals surface area contributed by atoms with Crippen molar-refractivity contribution in [3.05, 3.63) is 65.1 Å². The van der Waals surface area contributed by atoms with Crippen molar-refractivity contribution in [3.8, 4) is 22.3 Å². The summed E-state index contributed by atoms with van der Waals surface area (Å²) in [4.78, 5) is 17.4.